The number of amides is 2. The van der Waals surface area contributed by atoms with Crippen molar-refractivity contribution in [2.24, 2.45) is 0 Å². The summed E-state index contributed by atoms with van der Waals surface area (Å²) < 4.78 is 0. The van der Waals surface area contributed by atoms with E-state index in [2.05, 4.69) is 12.2 Å². The Balaban J connectivity index is 1.90. The van der Waals surface area contributed by atoms with Gasteiger partial charge in [0.15, 0.2) is 0 Å². The van der Waals surface area contributed by atoms with Gasteiger partial charge in [0.1, 0.15) is 0 Å². The first-order chi connectivity index (χ1) is 17.0. The number of fused-ring (bicyclic) bond motifs is 1. The molecular formula is C30H31N3O2. The number of para-hydroxylation sites is 1. The zero-order valence-corrected chi connectivity index (χ0v) is 20.5. The number of hydrogen-bond donors (Lipinski definition) is 1. The van der Waals surface area contributed by atoms with Crippen molar-refractivity contribution in [3.05, 3.63) is 102 Å². The molecule has 1 aromatic heterocycles. The van der Waals surface area contributed by atoms with E-state index in [0.29, 0.717) is 11.3 Å². The van der Waals surface area contributed by atoms with Crippen molar-refractivity contribution in [2.75, 3.05) is 7.05 Å². The molecule has 4 rings (SSSR count). The summed E-state index contributed by atoms with van der Waals surface area (Å²) in [7, 11) is 1.75. The molecular weight excluding hydrogens is 434 g/mol. The van der Waals surface area contributed by atoms with E-state index in [1.54, 1.807) is 11.9 Å². The van der Waals surface area contributed by atoms with Crippen molar-refractivity contribution in [3.63, 3.8) is 0 Å². The number of carbonyl (C=O) groups is 2. The van der Waals surface area contributed by atoms with E-state index in [1.165, 1.54) is 6.92 Å². The van der Waals surface area contributed by atoms with Crippen LogP contribution in [0.4, 0.5) is 0 Å². The Kier molecular flexibility index (Phi) is 7.56. The van der Waals surface area contributed by atoms with Crippen LogP contribution in [0.5, 0.6) is 0 Å². The van der Waals surface area contributed by atoms with E-state index < -0.39 is 0 Å². The van der Waals surface area contributed by atoms with E-state index in [4.69, 9.17) is 4.98 Å². The van der Waals surface area contributed by atoms with Crippen molar-refractivity contribution < 1.29 is 9.59 Å². The molecule has 0 radical (unpaired) electrons. The Labute approximate surface area is 206 Å². The minimum atomic E-state index is -0.157. The van der Waals surface area contributed by atoms with E-state index in [-0.39, 0.29) is 24.4 Å². The van der Waals surface area contributed by atoms with Crippen LogP contribution < -0.4 is 5.32 Å². The van der Waals surface area contributed by atoms with E-state index >= 15 is 0 Å². The molecule has 2 amide bonds. The average molecular weight is 466 g/mol. The second-order valence-corrected chi connectivity index (χ2v) is 8.80. The number of rotatable bonds is 8. The second kappa shape index (κ2) is 11.0. The fraction of sp³-hybridized carbons (Fsp3) is 0.233. The highest BCUT2D eigenvalue weighted by Crippen LogP contribution is 2.32. The normalized spacial score (nSPS) is 11.7. The van der Waals surface area contributed by atoms with Crippen LogP contribution in [0.25, 0.3) is 22.2 Å². The lowest BCUT2D eigenvalue weighted by Gasteiger charge is -2.24. The molecule has 0 spiro atoms. The van der Waals surface area contributed by atoms with Crippen LogP contribution >= 0.6 is 0 Å². The van der Waals surface area contributed by atoms with Crippen LogP contribution in [0.3, 0.4) is 0 Å². The lowest BCUT2D eigenvalue weighted by atomic mass is 9.94. The second-order valence-electron chi connectivity index (χ2n) is 8.80. The highest BCUT2D eigenvalue weighted by atomic mass is 16.2. The first kappa shape index (κ1) is 24.1. The van der Waals surface area contributed by atoms with Gasteiger partial charge in [-0.3, -0.25) is 9.59 Å². The van der Waals surface area contributed by atoms with E-state index in [9.17, 15) is 9.59 Å². The molecule has 0 saturated heterocycles. The van der Waals surface area contributed by atoms with Crippen molar-refractivity contribution in [1.82, 2.24) is 15.2 Å². The fourth-order valence-electron chi connectivity index (χ4n) is 4.37. The van der Waals surface area contributed by atoms with Crippen LogP contribution in [0.2, 0.25) is 0 Å². The maximum Gasteiger partial charge on any atom is 0.252 e. The van der Waals surface area contributed by atoms with Gasteiger partial charge in [-0.1, -0.05) is 92.2 Å². The Bertz CT molecular complexity index is 1320. The molecule has 1 atom stereocenters. The Morgan fingerprint density at radius 1 is 0.914 bits per heavy atom. The predicted molar refractivity (Wildman–Crippen MR) is 141 cm³/mol. The molecule has 1 heterocycles. The summed E-state index contributed by atoms with van der Waals surface area (Å²) in [5.74, 6) is -0.230. The predicted octanol–water partition coefficient (Wildman–Crippen LogP) is 6.15. The number of pyridine rings is 1. The molecule has 0 fully saturated rings. The zero-order valence-electron chi connectivity index (χ0n) is 20.5. The van der Waals surface area contributed by atoms with E-state index in [1.807, 2.05) is 84.9 Å². The topological polar surface area (TPSA) is 62.3 Å². The van der Waals surface area contributed by atoms with Crippen LogP contribution in [0, 0.1) is 0 Å². The molecule has 0 bridgehead atoms. The van der Waals surface area contributed by atoms with Gasteiger partial charge in [0.05, 0.1) is 22.8 Å². The molecule has 0 saturated carbocycles. The monoisotopic (exact) mass is 465 g/mol. The van der Waals surface area contributed by atoms with Gasteiger partial charge in [0.2, 0.25) is 5.91 Å². The van der Waals surface area contributed by atoms with Gasteiger partial charge in [-0.25, -0.2) is 4.98 Å². The van der Waals surface area contributed by atoms with Gasteiger partial charge in [-0.05, 0) is 18.1 Å². The van der Waals surface area contributed by atoms with Gasteiger partial charge in [0.25, 0.3) is 5.91 Å². The standard InChI is InChI=1S/C30H31N3O2/c1-4-13-26(22-14-7-5-8-15-22)32-30(35)28-24-18-11-12-19-27(24)31-29(23-16-9-6-10-17-23)25(28)20-33(3)21(2)34/h5-12,14-19,26H,4,13,20H2,1-3H3,(H,32,35)/t26-/m0/s1. The Hall–Kier alpha value is -3.99. The fourth-order valence-corrected chi connectivity index (χ4v) is 4.37. The molecule has 0 aliphatic carbocycles. The summed E-state index contributed by atoms with van der Waals surface area (Å²) >= 11 is 0. The SMILES string of the molecule is CCC[C@H](NC(=O)c1c(CN(C)C(C)=O)c(-c2ccccc2)nc2ccccc12)c1ccccc1. The summed E-state index contributed by atoms with van der Waals surface area (Å²) in [5, 5.41) is 4.07. The van der Waals surface area contributed by atoms with Crippen LogP contribution in [-0.4, -0.2) is 28.7 Å². The molecule has 4 aromatic rings. The largest absolute Gasteiger partial charge is 0.345 e. The molecule has 0 aliphatic rings. The number of benzene rings is 3. The van der Waals surface area contributed by atoms with Crippen molar-refractivity contribution in [1.29, 1.82) is 0 Å². The molecule has 5 nitrogen and oxygen atoms in total. The summed E-state index contributed by atoms with van der Waals surface area (Å²) in [6, 6.07) is 27.5. The third-order valence-corrected chi connectivity index (χ3v) is 6.29. The molecule has 178 valence electrons. The summed E-state index contributed by atoms with van der Waals surface area (Å²) in [6.07, 6.45) is 1.76. The summed E-state index contributed by atoms with van der Waals surface area (Å²) in [6.45, 7) is 3.93. The minimum Gasteiger partial charge on any atom is -0.345 e. The first-order valence-electron chi connectivity index (χ1n) is 12.0. The number of nitrogens with one attached hydrogen (secondary N) is 1. The van der Waals surface area contributed by atoms with Gasteiger partial charge in [-0.2, -0.15) is 0 Å². The number of aromatic nitrogens is 1. The third-order valence-electron chi connectivity index (χ3n) is 6.29. The smallest absolute Gasteiger partial charge is 0.252 e. The Morgan fingerprint density at radius 3 is 2.20 bits per heavy atom. The lowest BCUT2D eigenvalue weighted by Crippen LogP contribution is -2.31. The quantitative estimate of drug-likeness (QED) is 0.339. The molecule has 3 aromatic carbocycles. The molecule has 0 aliphatic heterocycles. The third kappa shape index (κ3) is 5.40. The molecule has 0 unspecified atom stereocenters. The molecule has 35 heavy (non-hydrogen) atoms. The van der Waals surface area contributed by atoms with Gasteiger partial charge in [0, 0.05) is 37.0 Å². The first-order valence-corrected chi connectivity index (χ1v) is 12.0. The molecule has 1 N–H and O–H groups in total. The van der Waals surface area contributed by atoms with Gasteiger partial charge < -0.3 is 10.2 Å². The van der Waals surface area contributed by atoms with Crippen LogP contribution in [-0.2, 0) is 11.3 Å². The van der Waals surface area contributed by atoms with Crippen LogP contribution in [0.1, 0.15) is 54.2 Å². The van der Waals surface area contributed by atoms with Crippen molar-refractivity contribution >= 4 is 22.7 Å². The van der Waals surface area contributed by atoms with Crippen LogP contribution in [0.15, 0.2) is 84.9 Å². The highest BCUT2D eigenvalue weighted by molar-refractivity contribution is 6.09. The maximum absolute atomic E-state index is 14.0. The summed E-state index contributed by atoms with van der Waals surface area (Å²) in [5.41, 5.74) is 4.76. The van der Waals surface area contributed by atoms with Crippen molar-refractivity contribution in [3.8, 4) is 11.3 Å². The zero-order chi connectivity index (χ0) is 24.8. The lowest BCUT2D eigenvalue weighted by molar-refractivity contribution is -0.128. The highest BCUT2D eigenvalue weighted by Gasteiger charge is 2.25. The van der Waals surface area contributed by atoms with Gasteiger partial charge in [-0.15, -0.1) is 0 Å². The average Bonchev–Trinajstić information content (AvgIpc) is 2.88. The van der Waals surface area contributed by atoms with Crippen molar-refractivity contribution in [2.45, 2.75) is 39.3 Å². The number of carbonyl (C=O) groups excluding carboxylic acids is 2. The maximum atomic E-state index is 14.0. The van der Waals surface area contributed by atoms with E-state index in [0.717, 1.165) is 40.4 Å². The number of hydrogen-bond acceptors (Lipinski definition) is 3. The van der Waals surface area contributed by atoms with Gasteiger partial charge >= 0.3 is 0 Å². The minimum absolute atomic E-state index is 0.0725. The summed E-state index contributed by atoms with van der Waals surface area (Å²) in [4.78, 5) is 32.8. The number of nitrogens with zero attached hydrogens (tertiary/aromatic N) is 2. The Morgan fingerprint density at radius 2 is 1.54 bits per heavy atom. The molecule has 5 heteroatoms.